The van der Waals surface area contributed by atoms with Gasteiger partial charge in [-0.25, -0.2) is 9.97 Å². The van der Waals surface area contributed by atoms with E-state index >= 15 is 0 Å². The van der Waals surface area contributed by atoms with Gasteiger partial charge in [-0.3, -0.25) is 0 Å². The highest BCUT2D eigenvalue weighted by Gasteiger charge is 2.13. The van der Waals surface area contributed by atoms with Gasteiger partial charge in [-0.1, -0.05) is 0 Å². The number of hydrogen-bond acceptors (Lipinski definition) is 4. The molecule has 1 N–H and O–H groups in total. The van der Waals surface area contributed by atoms with Crippen LogP contribution in [0.5, 0.6) is 0 Å². The molecule has 2 aromatic rings. The van der Waals surface area contributed by atoms with Crippen molar-refractivity contribution in [3.8, 4) is 11.6 Å². The summed E-state index contributed by atoms with van der Waals surface area (Å²) in [5, 5.41) is 3.49. The SMILES string of the molecule is Cc1nc(-c2ccco2)nc(C)c1CCNC(C)(C)C. The predicted molar refractivity (Wildman–Crippen MR) is 80.7 cm³/mol. The smallest absolute Gasteiger partial charge is 0.196 e. The second kappa shape index (κ2) is 5.75. The number of hydrogen-bond donors (Lipinski definition) is 1. The quantitative estimate of drug-likeness (QED) is 0.928. The fourth-order valence-electron chi connectivity index (χ4n) is 2.18. The summed E-state index contributed by atoms with van der Waals surface area (Å²) in [7, 11) is 0. The van der Waals surface area contributed by atoms with E-state index in [4.69, 9.17) is 4.42 Å². The summed E-state index contributed by atoms with van der Waals surface area (Å²) in [6, 6.07) is 3.74. The molecule has 0 aromatic carbocycles. The third-order valence-corrected chi connectivity index (χ3v) is 3.19. The van der Waals surface area contributed by atoms with Gasteiger partial charge in [0.1, 0.15) is 0 Å². The van der Waals surface area contributed by atoms with E-state index in [1.807, 2.05) is 26.0 Å². The van der Waals surface area contributed by atoms with E-state index in [1.54, 1.807) is 6.26 Å². The molecule has 20 heavy (non-hydrogen) atoms. The Morgan fingerprint density at radius 2 is 1.80 bits per heavy atom. The van der Waals surface area contributed by atoms with Gasteiger partial charge in [0.2, 0.25) is 0 Å². The van der Waals surface area contributed by atoms with E-state index in [2.05, 4.69) is 36.1 Å². The van der Waals surface area contributed by atoms with Gasteiger partial charge < -0.3 is 9.73 Å². The summed E-state index contributed by atoms with van der Waals surface area (Å²) in [6.07, 6.45) is 2.58. The predicted octanol–water partition coefficient (Wildman–Crippen LogP) is 3.28. The number of rotatable bonds is 4. The highest BCUT2D eigenvalue weighted by Crippen LogP contribution is 2.19. The Kier molecular flexibility index (Phi) is 4.23. The molecule has 0 spiro atoms. The zero-order chi connectivity index (χ0) is 14.8. The molecule has 0 aliphatic rings. The Morgan fingerprint density at radius 3 is 2.30 bits per heavy atom. The van der Waals surface area contributed by atoms with Gasteiger partial charge in [-0.2, -0.15) is 0 Å². The second-order valence-corrected chi connectivity index (χ2v) is 6.10. The molecular weight excluding hydrogens is 250 g/mol. The second-order valence-electron chi connectivity index (χ2n) is 6.10. The van der Waals surface area contributed by atoms with Gasteiger partial charge in [0.05, 0.1) is 6.26 Å². The lowest BCUT2D eigenvalue weighted by molar-refractivity contribution is 0.429. The van der Waals surface area contributed by atoms with Crippen LogP contribution < -0.4 is 5.32 Å². The molecule has 2 rings (SSSR count). The highest BCUT2D eigenvalue weighted by molar-refractivity contribution is 5.48. The maximum atomic E-state index is 5.36. The molecule has 0 saturated carbocycles. The summed E-state index contributed by atoms with van der Waals surface area (Å²) < 4.78 is 5.36. The van der Waals surface area contributed by atoms with E-state index in [-0.39, 0.29) is 5.54 Å². The number of aryl methyl sites for hydroxylation is 2. The summed E-state index contributed by atoms with van der Waals surface area (Å²) >= 11 is 0. The average Bonchev–Trinajstić information content (AvgIpc) is 2.84. The maximum Gasteiger partial charge on any atom is 0.196 e. The Hall–Kier alpha value is -1.68. The van der Waals surface area contributed by atoms with Crippen LogP contribution >= 0.6 is 0 Å². The lowest BCUT2D eigenvalue weighted by atomic mass is 10.1. The number of furan rings is 1. The Bertz CT molecular complexity index is 545. The molecule has 2 aromatic heterocycles. The summed E-state index contributed by atoms with van der Waals surface area (Å²) in [4.78, 5) is 9.12. The van der Waals surface area contributed by atoms with Crippen molar-refractivity contribution in [3.05, 3.63) is 35.3 Å². The summed E-state index contributed by atoms with van der Waals surface area (Å²) in [5.41, 5.74) is 3.41. The van der Waals surface area contributed by atoms with Crippen molar-refractivity contribution in [1.29, 1.82) is 0 Å². The minimum Gasteiger partial charge on any atom is -0.461 e. The van der Waals surface area contributed by atoms with Crippen LogP contribution in [-0.2, 0) is 6.42 Å². The van der Waals surface area contributed by atoms with E-state index in [0.717, 1.165) is 30.1 Å². The first-order valence-electron chi connectivity index (χ1n) is 7.00. The largest absolute Gasteiger partial charge is 0.461 e. The molecular formula is C16H23N3O. The van der Waals surface area contributed by atoms with Crippen molar-refractivity contribution < 1.29 is 4.42 Å². The van der Waals surface area contributed by atoms with Crippen molar-refractivity contribution in [2.24, 2.45) is 0 Å². The van der Waals surface area contributed by atoms with Crippen LogP contribution in [0, 0.1) is 13.8 Å². The van der Waals surface area contributed by atoms with Crippen LogP contribution in [0.15, 0.2) is 22.8 Å². The maximum absolute atomic E-state index is 5.36. The fourth-order valence-corrected chi connectivity index (χ4v) is 2.18. The molecule has 0 unspecified atom stereocenters. The van der Waals surface area contributed by atoms with Crippen molar-refractivity contribution in [2.75, 3.05) is 6.54 Å². The topological polar surface area (TPSA) is 51.0 Å². The average molecular weight is 273 g/mol. The van der Waals surface area contributed by atoms with Crippen molar-refractivity contribution in [3.63, 3.8) is 0 Å². The van der Waals surface area contributed by atoms with Crippen LogP contribution in [0.3, 0.4) is 0 Å². The summed E-state index contributed by atoms with van der Waals surface area (Å²) in [6.45, 7) is 11.5. The van der Waals surface area contributed by atoms with Crippen LogP contribution in [-0.4, -0.2) is 22.1 Å². The van der Waals surface area contributed by atoms with Gasteiger partial charge >= 0.3 is 0 Å². The zero-order valence-electron chi connectivity index (χ0n) is 12.9. The minimum atomic E-state index is 0.136. The molecule has 0 aliphatic heterocycles. The van der Waals surface area contributed by atoms with Gasteiger partial charge in [0.15, 0.2) is 11.6 Å². The van der Waals surface area contributed by atoms with Crippen molar-refractivity contribution in [1.82, 2.24) is 15.3 Å². The molecule has 2 heterocycles. The monoisotopic (exact) mass is 273 g/mol. The Labute approximate surface area is 120 Å². The van der Waals surface area contributed by atoms with Crippen molar-refractivity contribution >= 4 is 0 Å². The van der Waals surface area contributed by atoms with Crippen LogP contribution in [0.4, 0.5) is 0 Å². The first-order valence-corrected chi connectivity index (χ1v) is 7.00. The molecule has 0 saturated heterocycles. The number of aromatic nitrogens is 2. The van der Waals surface area contributed by atoms with E-state index in [1.165, 1.54) is 5.56 Å². The Balaban J connectivity index is 2.15. The van der Waals surface area contributed by atoms with Gasteiger partial charge in [-0.05, 0) is 65.3 Å². The molecule has 0 aliphatic carbocycles. The zero-order valence-corrected chi connectivity index (χ0v) is 12.9. The molecule has 108 valence electrons. The molecule has 4 heteroatoms. The first kappa shape index (κ1) is 14.7. The molecule has 4 nitrogen and oxygen atoms in total. The molecule has 0 radical (unpaired) electrons. The van der Waals surface area contributed by atoms with E-state index < -0.39 is 0 Å². The van der Waals surface area contributed by atoms with E-state index in [0.29, 0.717) is 5.82 Å². The fraction of sp³-hybridized carbons (Fsp3) is 0.500. The van der Waals surface area contributed by atoms with Gasteiger partial charge in [0.25, 0.3) is 0 Å². The third-order valence-electron chi connectivity index (χ3n) is 3.19. The number of nitrogens with zero attached hydrogens (tertiary/aromatic N) is 2. The third kappa shape index (κ3) is 3.67. The van der Waals surface area contributed by atoms with Crippen LogP contribution in [0.2, 0.25) is 0 Å². The number of nitrogens with one attached hydrogen (secondary N) is 1. The first-order chi connectivity index (χ1) is 9.37. The minimum absolute atomic E-state index is 0.136. The molecule has 0 atom stereocenters. The summed E-state index contributed by atoms with van der Waals surface area (Å²) in [5.74, 6) is 1.38. The van der Waals surface area contributed by atoms with Crippen LogP contribution in [0.25, 0.3) is 11.6 Å². The Morgan fingerprint density at radius 1 is 1.15 bits per heavy atom. The van der Waals surface area contributed by atoms with Gasteiger partial charge in [-0.15, -0.1) is 0 Å². The van der Waals surface area contributed by atoms with E-state index in [9.17, 15) is 0 Å². The van der Waals surface area contributed by atoms with Gasteiger partial charge in [0, 0.05) is 16.9 Å². The van der Waals surface area contributed by atoms with Crippen LogP contribution in [0.1, 0.15) is 37.7 Å². The molecule has 0 fully saturated rings. The molecule has 0 amide bonds. The standard InChI is InChI=1S/C16H23N3O/c1-11-13(8-9-17-16(3,4)5)12(2)19-15(18-11)14-7-6-10-20-14/h6-7,10,17H,8-9H2,1-5H3. The highest BCUT2D eigenvalue weighted by atomic mass is 16.3. The lowest BCUT2D eigenvalue weighted by Gasteiger charge is -2.21. The molecule has 0 bridgehead atoms. The normalized spacial score (nSPS) is 11.8. The van der Waals surface area contributed by atoms with Crippen molar-refractivity contribution in [2.45, 2.75) is 46.6 Å². The lowest BCUT2D eigenvalue weighted by Crippen LogP contribution is -2.37.